The number of halogens is 1. The molecule has 0 aliphatic heterocycles. The molecule has 8 heteroatoms. The highest BCUT2D eigenvalue weighted by Crippen LogP contribution is 2.36. The number of amides is 2. The van der Waals surface area contributed by atoms with Crippen LogP contribution in [0.2, 0.25) is 5.02 Å². The summed E-state index contributed by atoms with van der Waals surface area (Å²) < 4.78 is 10.5. The van der Waals surface area contributed by atoms with Gasteiger partial charge in [-0.05, 0) is 49.4 Å². The molecular formula is C24H23ClN2O4S. The van der Waals surface area contributed by atoms with Crippen molar-refractivity contribution in [1.29, 1.82) is 0 Å². The second-order valence-electron chi connectivity index (χ2n) is 6.87. The second-order valence-corrected chi connectivity index (χ2v) is 8.33. The number of rotatable bonds is 8. The molecule has 0 saturated carbocycles. The van der Waals surface area contributed by atoms with Crippen LogP contribution in [0.1, 0.15) is 15.9 Å². The lowest BCUT2D eigenvalue weighted by atomic mass is 10.1. The molecule has 3 aromatic carbocycles. The number of carbonyl (C=O) groups is 2. The molecule has 32 heavy (non-hydrogen) atoms. The van der Waals surface area contributed by atoms with Crippen LogP contribution in [0.25, 0.3) is 0 Å². The van der Waals surface area contributed by atoms with Gasteiger partial charge in [0.1, 0.15) is 11.5 Å². The van der Waals surface area contributed by atoms with Gasteiger partial charge in [-0.25, -0.2) is 0 Å². The Labute approximate surface area is 196 Å². The van der Waals surface area contributed by atoms with Gasteiger partial charge in [0.15, 0.2) is 0 Å². The second kappa shape index (κ2) is 10.9. The van der Waals surface area contributed by atoms with Gasteiger partial charge in [0, 0.05) is 22.2 Å². The molecule has 0 unspecified atom stereocenters. The molecule has 0 atom stereocenters. The van der Waals surface area contributed by atoms with E-state index in [1.54, 1.807) is 30.3 Å². The summed E-state index contributed by atoms with van der Waals surface area (Å²) in [6, 6.07) is 17.9. The van der Waals surface area contributed by atoms with Crippen LogP contribution in [0.3, 0.4) is 0 Å². The van der Waals surface area contributed by atoms with Crippen molar-refractivity contribution < 1.29 is 19.1 Å². The zero-order chi connectivity index (χ0) is 23.1. The number of hydrogen-bond donors (Lipinski definition) is 2. The lowest BCUT2D eigenvalue weighted by Gasteiger charge is -2.13. The Morgan fingerprint density at radius 3 is 2.31 bits per heavy atom. The number of thioether (sulfide) groups is 1. The maximum absolute atomic E-state index is 12.4. The summed E-state index contributed by atoms with van der Waals surface area (Å²) in [5, 5.41) is 6.05. The smallest absolute Gasteiger partial charge is 0.255 e. The van der Waals surface area contributed by atoms with Crippen LogP contribution in [0.15, 0.2) is 65.6 Å². The van der Waals surface area contributed by atoms with Crippen molar-refractivity contribution in [3.05, 3.63) is 76.8 Å². The first-order chi connectivity index (χ1) is 15.4. The Kier molecular flexibility index (Phi) is 8.03. The number of nitrogens with one attached hydrogen (secondary N) is 2. The number of anilines is 2. The summed E-state index contributed by atoms with van der Waals surface area (Å²) in [5.41, 5.74) is 2.78. The predicted molar refractivity (Wildman–Crippen MR) is 129 cm³/mol. The number of hydrogen-bond acceptors (Lipinski definition) is 5. The van der Waals surface area contributed by atoms with Crippen molar-refractivity contribution in [2.75, 3.05) is 30.6 Å². The van der Waals surface area contributed by atoms with Gasteiger partial charge in [0.25, 0.3) is 5.91 Å². The molecule has 0 radical (unpaired) electrons. The van der Waals surface area contributed by atoms with Crippen molar-refractivity contribution in [3.8, 4) is 11.5 Å². The van der Waals surface area contributed by atoms with Crippen molar-refractivity contribution in [3.63, 3.8) is 0 Å². The highest BCUT2D eigenvalue weighted by atomic mass is 35.5. The van der Waals surface area contributed by atoms with Crippen molar-refractivity contribution in [2.45, 2.75) is 11.8 Å². The average Bonchev–Trinajstić information content (AvgIpc) is 2.79. The summed E-state index contributed by atoms with van der Waals surface area (Å²) >= 11 is 7.52. The summed E-state index contributed by atoms with van der Waals surface area (Å²) in [4.78, 5) is 25.7. The van der Waals surface area contributed by atoms with E-state index in [2.05, 4.69) is 10.6 Å². The molecule has 0 saturated heterocycles. The third-order valence-corrected chi connectivity index (χ3v) is 5.82. The summed E-state index contributed by atoms with van der Waals surface area (Å²) in [6.45, 7) is 1.94. The van der Waals surface area contributed by atoms with Crippen molar-refractivity contribution in [2.24, 2.45) is 0 Å². The van der Waals surface area contributed by atoms with E-state index in [4.69, 9.17) is 21.1 Å². The molecule has 166 valence electrons. The maximum Gasteiger partial charge on any atom is 0.255 e. The minimum atomic E-state index is -0.202. The molecule has 2 N–H and O–H groups in total. The maximum atomic E-state index is 12.4. The Bertz CT molecular complexity index is 1120. The summed E-state index contributed by atoms with van der Waals surface area (Å²) in [6.07, 6.45) is 0. The van der Waals surface area contributed by atoms with Gasteiger partial charge < -0.3 is 20.1 Å². The van der Waals surface area contributed by atoms with Gasteiger partial charge in [0.2, 0.25) is 5.91 Å². The Balaban J connectivity index is 1.55. The normalized spacial score (nSPS) is 10.4. The van der Waals surface area contributed by atoms with Gasteiger partial charge in [0.05, 0.1) is 30.7 Å². The molecule has 2 amide bonds. The van der Waals surface area contributed by atoms with E-state index in [1.807, 2.05) is 37.3 Å². The molecule has 0 bridgehead atoms. The predicted octanol–water partition coefficient (Wildman–Crippen LogP) is 5.65. The molecule has 0 aliphatic carbocycles. The fourth-order valence-corrected chi connectivity index (χ4v) is 3.86. The molecule has 0 heterocycles. The van der Waals surface area contributed by atoms with E-state index in [0.29, 0.717) is 33.5 Å². The van der Waals surface area contributed by atoms with Gasteiger partial charge in [-0.1, -0.05) is 29.3 Å². The Morgan fingerprint density at radius 2 is 1.66 bits per heavy atom. The van der Waals surface area contributed by atoms with Crippen molar-refractivity contribution >= 4 is 46.6 Å². The number of ether oxygens (including phenoxy) is 2. The molecule has 0 aliphatic rings. The van der Waals surface area contributed by atoms with E-state index in [0.717, 1.165) is 10.5 Å². The lowest BCUT2D eigenvalue weighted by Crippen LogP contribution is -2.15. The first-order valence-corrected chi connectivity index (χ1v) is 11.1. The molecule has 6 nitrogen and oxygen atoms in total. The zero-order valence-electron chi connectivity index (χ0n) is 17.9. The highest BCUT2D eigenvalue weighted by molar-refractivity contribution is 8.00. The fourth-order valence-electron chi connectivity index (χ4n) is 2.92. The van der Waals surface area contributed by atoms with Crippen LogP contribution in [0, 0.1) is 6.92 Å². The van der Waals surface area contributed by atoms with Crippen LogP contribution in [-0.2, 0) is 4.79 Å². The minimum Gasteiger partial charge on any atom is -0.495 e. The van der Waals surface area contributed by atoms with Gasteiger partial charge >= 0.3 is 0 Å². The summed E-state index contributed by atoms with van der Waals surface area (Å²) in [5.74, 6) is 0.748. The number of benzene rings is 3. The lowest BCUT2D eigenvalue weighted by molar-refractivity contribution is -0.113. The van der Waals surface area contributed by atoms with Crippen molar-refractivity contribution in [1.82, 2.24) is 0 Å². The standard InChI is InChI=1S/C24H23ClN2O4S/c1-15-5-4-6-16(11-15)24(29)26-17-7-9-18(10-8-17)32-14-23(28)27-20-12-19(25)21(30-2)13-22(20)31-3/h4-13H,14H2,1-3H3,(H,26,29)(H,27,28). The van der Waals surface area contributed by atoms with Crippen LogP contribution < -0.4 is 20.1 Å². The van der Waals surface area contributed by atoms with Crippen LogP contribution in [0.4, 0.5) is 11.4 Å². The van der Waals surface area contributed by atoms with Gasteiger partial charge in [-0.15, -0.1) is 11.8 Å². The minimum absolute atomic E-state index is 0.166. The largest absolute Gasteiger partial charge is 0.495 e. The molecule has 0 fully saturated rings. The van der Waals surface area contributed by atoms with Crippen LogP contribution in [0.5, 0.6) is 11.5 Å². The third-order valence-electron chi connectivity index (χ3n) is 4.51. The number of carbonyl (C=O) groups excluding carboxylic acids is 2. The Hall–Kier alpha value is -3.16. The molecule has 3 aromatic rings. The first-order valence-electron chi connectivity index (χ1n) is 9.72. The van der Waals surface area contributed by atoms with Crippen LogP contribution in [-0.4, -0.2) is 31.8 Å². The first kappa shape index (κ1) is 23.5. The Morgan fingerprint density at radius 1 is 0.938 bits per heavy atom. The van der Waals surface area contributed by atoms with Gasteiger partial charge in [-0.2, -0.15) is 0 Å². The number of aryl methyl sites for hydroxylation is 1. The topological polar surface area (TPSA) is 76.7 Å². The molecule has 0 aromatic heterocycles. The fraction of sp³-hybridized carbons (Fsp3) is 0.167. The third kappa shape index (κ3) is 6.18. The molecular weight excluding hydrogens is 448 g/mol. The van der Waals surface area contributed by atoms with E-state index in [-0.39, 0.29) is 17.6 Å². The zero-order valence-corrected chi connectivity index (χ0v) is 19.5. The van der Waals surface area contributed by atoms with E-state index >= 15 is 0 Å². The highest BCUT2D eigenvalue weighted by Gasteiger charge is 2.13. The molecule has 3 rings (SSSR count). The van der Waals surface area contributed by atoms with Crippen LogP contribution >= 0.6 is 23.4 Å². The van der Waals surface area contributed by atoms with E-state index in [1.165, 1.54) is 26.0 Å². The van der Waals surface area contributed by atoms with Gasteiger partial charge in [-0.3, -0.25) is 9.59 Å². The van der Waals surface area contributed by atoms with E-state index in [9.17, 15) is 9.59 Å². The number of methoxy groups -OCH3 is 2. The van der Waals surface area contributed by atoms with E-state index < -0.39 is 0 Å². The molecule has 0 spiro atoms. The average molecular weight is 471 g/mol. The quantitative estimate of drug-likeness (QED) is 0.416. The SMILES string of the molecule is COc1cc(OC)c(NC(=O)CSc2ccc(NC(=O)c3cccc(C)c3)cc2)cc1Cl. The monoisotopic (exact) mass is 470 g/mol. The summed E-state index contributed by atoms with van der Waals surface area (Å²) in [7, 11) is 3.02.